The Kier molecular flexibility index (Phi) is 14.5. The van der Waals surface area contributed by atoms with Crippen molar-refractivity contribution in [3.8, 4) is 23.0 Å². The highest BCUT2D eigenvalue weighted by Gasteiger charge is 2.65. The lowest BCUT2D eigenvalue weighted by Crippen LogP contribution is -2.70. The highest BCUT2D eigenvalue weighted by Crippen LogP contribution is 2.62. The summed E-state index contributed by atoms with van der Waals surface area (Å²) in [6.45, 7) is 4.41. The molecule has 2 aliphatic heterocycles. The number of rotatable bonds is 20. The van der Waals surface area contributed by atoms with E-state index in [0.717, 1.165) is 42.4 Å². The average Bonchev–Trinajstić information content (AvgIpc) is 3.73. The van der Waals surface area contributed by atoms with Crippen molar-refractivity contribution in [2.45, 2.75) is 75.8 Å². The lowest BCUT2D eigenvalue weighted by atomic mass is 9.55. The molecule has 0 saturated heterocycles. The minimum Gasteiger partial charge on any atom is -0.489 e. The third-order valence-corrected chi connectivity index (χ3v) is 12.1. The van der Waals surface area contributed by atoms with Gasteiger partial charge in [0.05, 0.1) is 24.1 Å². The number of nitrogens with zero attached hydrogens (tertiary/aromatic N) is 2. The number of halogens is 2. The molecule has 14 heteroatoms. The first-order valence-corrected chi connectivity index (χ1v) is 21.2. The number of aliphatic hydroxyl groups excluding tert-OH is 2. The summed E-state index contributed by atoms with van der Waals surface area (Å²) in [5.41, 5.74) is 3.58. The summed E-state index contributed by atoms with van der Waals surface area (Å²) in [6, 6.07) is 16.8. The van der Waals surface area contributed by atoms with Crippen LogP contribution in [-0.2, 0) is 27.5 Å². The van der Waals surface area contributed by atoms with Gasteiger partial charge in [0.25, 0.3) is 0 Å². The summed E-state index contributed by atoms with van der Waals surface area (Å²) in [6.07, 6.45) is 7.86. The van der Waals surface area contributed by atoms with Crippen LogP contribution in [0.1, 0.15) is 67.6 Å². The normalized spacial score (nSPS) is 24.1. The van der Waals surface area contributed by atoms with Crippen molar-refractivity contribution in [1.29, 1.82) is 0 Å². The van der Waals surface area contributed by atoms with Crippen molar-refractivity contribution in [3.05, 3.63) is 107 Å². The zero-order valence-electron chi connectivity index (χ0n) is 33.9. The van der Waals surface area contributed by atoms with Crippen LogP contribution in [-0.4, -0.2) is 85.0 Å². The van der Waals surface area contributed by atoms with Crippen LogP contribution in [0.4, 0.5) is 9.18 Å². The molecule has 2 N–H and O–H groups in total. The largest absolute Gasteiger partial charge is 0.489 e. The summed E-state index contributed by atoms with van der Waals surface area (Å²) in [4.78, 5) is 21.6. The first kappa shape index (κ1) is 43.3. The van der Waals surface area contributed by atoms with Crippen LogP contribution in [0, 0.1) is 23.6 Å². The minimum atomic E-state index is -1.51. The Hall–Kier alpha value is -4.82. The van der Waals surface area contributed by atoms with Gasteiger partial charge >= 0.3 is 6.09 Å². The third kappa shape index (κ3) is 9.09. The monoisotopic (exact) mass is 848 g/mol. The minimum absolute atomic E-state index is 0.00628. The van der Waals surface area contributed by atoms with Crippen molar-refractivity contribution in [2.24, 2.45) is 22.9 Å². The standard InChI is InChI=1S/C46H54ClFN2O10/c1-3-21-59-46-42(50(45(53)55-22-18-47)27-30-14-16-40-41(23-30)58-29-57-40)26-38(49-54-2)35-24-31(10-6-8-19-51)34(12-7-9-20-52)43(44(35)46)36-25-33(15-17-39(36)60-46)56-28-32-11-4-5-13-37(32)48/h3-5,11,13-17,23-25,31,34,42-44,51-52H,1,6-10,12,18-22,26-29H2,2H3/t31-,34+,42-,43+,44+,46+/m0/s1. The molecule has 6 atom stereocenters. The van der Waals surface area contributed by atoms with Gasteiger partial charge in [0.15, 0.2) is 11.5 Å². The third-order valence-electron chi connectivity index (χ3n) is 11.9. The van der Waals surface area contributed by atoms with Gasteiger partial charge in [-0.25, -0.2) is 9.18 Å². The number of hydrogen-bond donors (Lipinski definition) is 2. The summed E-state index contributed by atoms with van der Waals surface area (Å²) in [5.74, 6) is -0.313. The fourth-order valence-corrected chi connectivity index (χ4v) is 9.45. The lowest BCUT2D eigenvalue weighted by molar-refractivity contribution is -0.256. The number of benzene rings is 3. The molecule has 1 fully saturated rings. The van der Waals surface area contributed by atoms with Gasteiger partial charge < -0.3 is 43.5 Å². The number of amides is 1. The summed E-state index contributed by atoms with van der Waals surface area (Å²) in [5, 5.41) is 24.4. The number of carbonyl (C=O) groups excluding carboxylic acids is 1. The van der Waals surface area contributed by atoms with Gasteiger partial charge in [0, 0.05) is 43.2 Å². The van der Waals surface area contributed by atoms with Crippen molar-refractivity contribution in [3.63, 3.8) is 0 Å². The van der Waals surface area contributed by atoms with E-state index in [-0.39, 0.29) is 82.2 Å². The van der Waals surface area contributed by atoms with Crippen LogP contribution in [0.3, 0.4) is 0 Å². The molecule has 0 bridgehead atoms. The Bertz CT molecular complexity index is 2030. The van der Waals surface area contributed by atoms with Crippen molar-refractivity contribution in [1.82, 2.24) is 4.90 Å². The molecule has 0 unspecified atom stereocenters. The lowest BCUT2D eigenvalue weighted by Gasteiger charge is -2.59. The molecule has 7 rings (SSSR count). The van der Waals surface area contributed by atoms with Gasteiger partial charge in [0.2, 0.25) is 12.6 Å². The molecule has 1 saturated carbocycles. The van der Waals surface area contributed by atoms with Gasteiger partial charge in [-0.15, -0.1) is 18.2 Å². The fraction of sp³-hybridized carbons (Fsp3) is 0.478. The molecule has 322 valence electrons. The summed E-state index contributed by atoms with van der Waals surface area (Å²) < 4.78 is 52.4. The zero-order valence-corrected chi connectivity index (χ0v) is 34.7. The van der Waals surface area contributed by atoms with E-state index in [1.54, 1.807) is 35.2 Å². The number of alkyl halides is 1. The van der Waals surface area contributed by atoms with Gasteiger partial charge in [-0.2, -0.15) is 0 Å². The topological polar surface area (TPSA) is 138 Å². The quantitative estimate of drug-likeness (QED) is 0.0495. The van der Waals surface area contributed by atoms with Crippen LogP contribution < -0.4 is 18.9 Å². The first-order chi connectivity index (χ1) is 29.3. The van der Waals surface area contributed by atoms with Crippen LogP contribution in [0.25, 0.3) is 0 Å². The summed E-state index contributed by atoms with van der Waals surface area (Å²) >= 11 is 6.07. The van der Waals surface area contributed by atoms with Gasteiger partial charge in [-0.3, -0.25) is 4.90 Å². The molecule has 12 nitrogen and oxygen atoms in total. The predicted octanol–water partition coefficient (Wildman–Crippen LogP) is 8.27. The Morgan fingerprint density at radius 3 is 2.58 bits per heavy atom. The maximum absolute atomic E-state index is 14.7. The number of unbranched alkanes of at least 4 members (excludes halogenated alkanes) is 2. The smallest absolute Gasteiger partial charge is 0.410 e. The number of oxime groups is 1. The van der Waals surface area contributed by atoms with Crippen molar-refractivity contribution in [2.75, 3.05) is 46.2 Å². The summed E-state index contributed by atoms with van der Waals surface area (Å²) in [7, 11) is 1.50. The van der Waals surface area contributed by atoms with E-state index >= 15 is 0 Å². The molecular weight excluding hydrogens is 795 g/mol. The van der Waals surface area contributed by atoms with E-state index in [1.807, 2.05) is 30.3 Å². The molecule has 0 aromatic heterocycles. The van der Waals surface area contributed by atoms with E-state index in [4.69, 9.17) is 44.9 Å². The maximum atomic E-state index is 14.7. The predicted molar refractivity (Wildman–Crippen MR) is 223 cm³/mol. The molecule has 60 heavy (non-hydrogen) atoms. The highest BCUT2D eigenvalue weighted by molar-refractivity contribution is 6.18. The van der Waals surface area contributed by atoms with Crippen molar-refractivity contribution >= 4 is 23.4 Å². The first-order valence-electron chi connectivity index (χ1n) is 20.7. The van der Waals surface area contributed by atoms with Crippen molar-refractivity contribution < 1.29 is 52.7 Å². The highest BCUT2D eigenvalue weighted by atomic mass is 35.5. The zero-order chi connectivity index (χ0) is 42.1. The second kappa shape index (κ2) is 20.2. The van der Waals surface area contributed by atoms with E-state index in [1.165, 1.54) is 13.2 Å². The van der Waals surface area contributed by atoms with Crippen LogP contribution in [0.15, 0.2) is 90.1 Å². The fourth-order valence-electron chi connectivity index (χ4n) is 9.37. The second-order valence-electron chi connectivity index (χ2n) is 15.5. The second-order valence-corrected chi connectivity index (χ2v) is 15.8. The molecule has 3 aromatic rings. The molecule has 2 aliphatic carbocycles. The molecule has 1 amide bonds. The van der Waals surface area contributed by atoms with Gasteiger partial charge in [0.1, 0.15) is 43.7 Å². The number of allylic oxidation sites excluding steroid dienone is 1. The molecule has 0 radical (unpaired) electrons. The molecule has 4 aliphatic rings. The van der Waals surface area contributed by atoms with E-state index in [2.05, 4.69) is 17.8 Å². The Labute approximate surface area is 355 Å². The number of hydrogen-bond acceptors (Lipinski definition) is 11. The number of carbonyl (C=O) groups is 1. The Balaban J connectivity index is 1.41. The van der Waals surface area contributed by atoms with Crippen LogP contribution in [0.5, 0.6) is 23.0 Å². The molecular formula is C46H54ClFN2O10. The Morgan fingerprint density at radius 1 is 1.03 bits per heavy atom. The molecule has 2 heterocycles. The van der Waals surface area contributed by atoms with Gasteiger partial charge in [-0.1, -0.05) is 54.4 Å². The number of fused-ring (bicyclic) bond motifs is 3. The molecule has 0 spiro atoms. The SMILES string of the molecule is C=CCO[C@@]12Oc3ccc(OCc4ccccc4F)cc3[C@H]3[C@H](CCCCO)[C@@H](CCCCO)C=C(C(=NOC)C[C@@H]1N(Cc1ccc4c(c1)OCO4)C(=O)OCCCl)[C@H]32. The van der Waals surface area contributed by atoms with Crippen LogP contribution >= 0.6 is 11.6 Å². The maximum Gasteiger partial charge on any atom is 0.410 e. The van der Waals surface area contributed by atoms with Gasteiger partial charge in [-0.05, 0) is 85.1 Å². The van der Waals surface area contributed by atoms with E-state index in [0.29, 0.717) is 47.1 Å². The van der Waals surface area contributed by atoms with E-state index in [9.17, 15) is 19.4 Å². The Morgan fingerprint density at radius 2 is 1.82 bits per heavy atom. The number of aliphatic hydroxyl groups is 2. The number of ether oxygens (including phenoxy) is 6. The average molecular weight is 849 g/mol. The van der Waals surface area contributed by atoms with E-state index < -0.39 is 23.8 Å². The molecule has 3 aromatic carbocycles. The van der Waals surface area contributed by atoms with Crippen LogP contribution in [0.2, 0.25) is 0 Å².